The molecule has 2 rings (SSSR count). The lowest BCUT2D eigenvalue weighted by Gasteiger charge is -2.16. The third kappa shape index (κ3) is 2.67. The third-order valence-corrected chi connectivity index (χ3v) is 3.49. The summed E-state index contributed by atoms with van der Waals surface area (Å²) >= 11 is 0. The second-order valence-corrected chi connectivity index (χ2v) is 4.80. The van der Waals surface area contributed by atoms with Gasteiger partial charge < -0.3 is 9.84 Å². The van der Waals surface area contributed by atoms with Crippen molar-refractivity contribution in [3.05, 3.63) is 70.5 Å². The summed E-state index contributed by atoms with van der Waals surface area (Å²) in [6, 6.07) is 6.34. The Morgan fingerprint density at radius 3 is 2.26 bits per heavy atom. The predicted octanol–water partition coefficient (Wildman–Crippen LogP) is 4.18. The highest BCUT2D eigenvalue weighted by Crippen LogP contribution is 2.36. The molecule has 1 N–H and O–H groups in total. The Kier molecular flexibility index (Phi) is 4.45. The Bertz CT molecular complexity index is 813. The molecule has 3 nitrogen and oxygen atoms in total. The van der Waals surface area contributed by atoms with Crippen LogP contribution >= 0.6 is 0 Å². The fourth-order valence-electron chi connectivity index (χ4n) is 2.29. The van der Waals surface area contributed by atoms with Crippen molar-refractivity contribution in [2.24, 2.45) is 0 Å². The molecule has 0 aromatic heterocycles. The fraction of sp³-hybridized carbons (Fsp3) is 0.118. The number of carboxylic acid groups (broad SMARTS) is 1. The van der Waals surface area contributed by atoms with Crippen LogP contribution in [0, 0.1) is 24.4 Å². The lowest BCUT2D eigenvalue weighted by Crippen LogP contribution is -2.13. The number of para-hydroxylation sites is 1. The van der Waals surface area contributed by atoms with Crippen molar-refractivity contribution in [3.63, 3.8) is 0 Å². The molecule has 6 heteroatoms. The van der Waals surface area contributed by atoms with Gasteiger partial charge in [-0.3, -0.25) is 0 Å². The zero-order valence-corrected chi connectivity index (χ0v) is 12.4. The van der Waals surface area contributed by atoms with Gasteiger partial charge in [0.2, 0.25) is 0 Å². The number of ether oxygens (including phenoxy) is 1. The number of carbonyl (C=O) groups is 1. The van der Waals surface area contributed by atoms with Crippen molar-refractivity contribution >= 4 is 11.5 Å². The number of rotatable bonds is 4. The van der Waals surface area contributed by atoms with Gasteiger partial charge in [0.05, 0.1) is 7.11 Å². The van der Waals surface area contributed by atoms with Crippen LogP contribution in [0.2, 0.25) is 0 Å². The van der Waals surface area contributed by atoms with E-state index in [0.717, 1.165) is 6.92 Å². The van der Waals surface area contributed by atoms with Crippen molar-refractivity contribution in [2.45, 2.75) is 6.92 Å². The molecule has 0 spiro atoms. The summed E-state index contributed by atoms with van der Waals surface area (Å²) in [6.07, 6.45) is 0. The van der Waals surface area contributed by atoms with E-state index in [4.69, 9.17) is 9.84 Å². The molecule has 0 fully saturated rings. The Morgan fingerprint density at radius 1 is 1.09 bits per heavy atom. The van der Waals surface area contributed by atoms with Gasteiger partial charge in [-0.25, -0.2) is 18.0 Å². The highest BCUT2D eigenvalue weighted by molar-refractivity contribution is 5.97. The smallest absolute Gasteiger partial charge is 0.339 e. The van der Waals surface area contributed by atoms with Crippen LogP contribution in [0.3, 0.4) is 0 Å². The molecule has 0 atom stereocenters. The maximum Gasteiger partial charge on any atom is 0.339 e. The molecule has 23 heavy (non-hydrogen) atoms. The molecule has 0 bridgehead atoms. The first-order valence-electron chi connectivity index (χ1n) is 6.54. The van der Waals surface area contributed by atoms with Crippen LogP contribution < -0.4 is 4.74 Å². The van der Waals surface area contributed by atoms with Crippen LogP contribution in [0.4, 0.5) is 13.2 Å². The minimum atomic E-state index is -1.79. The van der Waals surface area contributed by atoms with Gasteiger partial charge in [-0.15, -0.1) is 0 Å². The van der Waals surface area contributed by atoms with Crippen molar-refractivity contribution in [1.29, 1.82) is 0 Å². The van der Waals surface area contributed by atoms with Gasteiger partial charge in [0.15, 0.2) is 11.6 Å². The lowest BCUT2D eigenvalue weighted by atomic mass is 9.91. The molecule has 0 radical (unpaired) electrons. The maximum absolute atomic E-state index is 14.5. The molecular weight excluding hydrogens is 309 g/mol. The van der Waals surface area contributed by atoms with Crippen LogP contribution in [0.5, 0.6) is 5.75 Å². The molecule has 2 aromatic carbocycles. The number of methoxy groups -OCH3 is 1. The molecule has 0 aliphatic rings. The first-order chi connectivity index (χ1) is 10.8. The Balaban J connectivity index is 2.82. The molecule has 0 aliphatic carbocycles. The Labute approximate surface area is 130 Å². The van der Waals surface area contributed by atoms with E-state index in [0.29, 0.717) is 5.75 Å². The van der Waals surface area contributed by atoms with Crippen LogP contribution in [0.1, 0.15) is 27.0 Å². The van der Waals surface area contributed by atoms with Crippen LogP contribution in [-0.4, -0.2) is 18.2 Å². The van der Waals surface area contributed by atoms with Crippen molar-refractivity contribution in [1.82, 2.24) is 0 Å². The zero-order chi connectivity index (χ0) is 17.3. The molecule has 0 heterocycles. The van der Waals surface area contributed by atoms with Crippen LogP contribution in [0.25, 0.3) is 5.57 Å². The monoisotopic (exact) mass is 322 g/mol. The van der Waals surface area contributed by atoms with Gasteiger partial charge >= 0.3 is 5.97 Å². The summed E-state index contributed by atoms with van der Waals surface area (Å²) in [6.45, 7) is 4.67. The first kappa shape index (κ1) is 16.6. The second-order valence-electron chi connectivity index (χ2n) is 4.80. The summed E-state index contributed by atoms with van der Waals surface area (Å²) in [5.74, 6) is -5.81. The molecule has 2 aromatic rings. The summed E-state index contributed by atoms with van der Waals surface area (Å²) in [4.78, 5) is 11.3. The number of carboxylic acids is 1. The highest BCUT2D eigenvalue weighted by atomic mass is 19.2. The topological polar surface area (TPSA) is 46.5 Å². The second kappa shape index (κ2) is 6.16. The quantitative estimate of drug-likeness (QED) is 0.859. The predicted molar refractivity (Wildman–Crippen MR) is 79.1 cm³/mol. The zero-order valence-electron chi connectivity index (χ0n) is 12.4. The van der Waals surface area contributed by atoms with Gasteiger partial charge in [-0.2, -0.15) is 0 Å². The molecule has 120 valence electrons. The van der Waals surface area contributed by atoms with E-state index >= 15 is 0 Å². The Morgan fingerprint density at radius 2 is 1.70 bits per heavy atom. The number of halogens is 3. The average molecular weight is 322 g/mol. The molecule has 0 aliphatic heterocycles. The van der Waals surface area contributed by atoms with Gasteiger partial charge in [-0.05, 0) is 18.6 Å². The average Bonchev–Trinajstić information content (AvgIpc) is 2.54. The minimum Gasteiger partial charge on any atom is -0.496 e. The van der Waals surface area contributed by atoms with Crippen LogP contribution in [0.15, 0.2) is 30.8 Å². The summed E-state index contributed by atoms with van der Waals surface area (Å²) < 4.78 is 47.3. The van der Waals surface area contributed by atoms with Gasteiger partial charge in [0, 0.05) is 16.7 Å². The largest absolute Gasteiger partial charge is 0.496 e. The molecule has 0 amide bonds. The van der Waals surface area contributed by atoms with E-state index in [1.54, 1.807) is 18.2 Å². The number of hydrogen-bond acceptors (Lipinski definition) is 2. The summed E-state index contributed by atoms with van der Waals surface area (Å²) in [7, 11) is 1.37. The van der Waals surface area contributed by atoms with E-state index in [1.807, 2.05) is 0 Å². The Hall–Kier alpha value is -2.76. The van der Waals surface area contributed by atoms with Gasteiger partial charge in [-0.1, -0.05) is 24.8 Å². The molecule has 0 saturated heterocycles. The molecule has 0 unspecified atom stereocenters. The van der Waals surface area contributed by atoms with E-state index in [-0.39, 0.29) is 11.1 Å². The van der Waals surface area contributed by atoms with E-state index in [2.05, 4.69) is 6.58 Å². The van der Waals surface area contributed by atoms with E-state index in [1.165, 1.54) is 13.2 Å². The third-order valence-electron chi connectivity index (χ3n) is 3.49. The normalized spacial score (nSPS) is 10.5. The fourth-order valence-corrected chi connectivity index (χ4v) is 2.29. The molecule has 0 saturated carbocycles. The molecular formula is C17H13F3O3. The maximum atomic E-state index is 14.5. The van der Waals surface area contributed by atoms with Crippen LogP contribution in [-0.2, 0) is 0 Å². The highest BCUT2D eigenvalue weighted by Gasteiger charge is 2.29. The van der Waals surface area contributed by atoms with E-state index in [9.17, 15) is 18.0 Å². The standard InChI is InChI=1S/C17H13F3O3/c1-8(10-6-4-5-7-11(10)23-3)12-13(17(21)22)16(20)15(19)9(2)14(12)18/h4-7H,1H2,2-3H3,(H,21,22). The summed E-state index contributed by atoms with van der Waals surface area (Å²) in [5.41, 5.74) is -2.14. The number of aromatic carboxylic acids is 1. The van der Waals surface area contributed by atoms with Crippen molar-refractivity contribution < 1.29 is 27.8 Å². The number of hydrogen-bond donors (Lipinski definition) is 1. The van der Waals surface area contributed by atoms with E-state index < -0.39 is 40.1 Å². The summed E-state index contributed by atoms with van der Waals surface area (Å²) in [5, 5.41) is 9.16. The van der Waals surface area contributed by atoms with Crippen molar-refractivity contribution in [3.8, 4) is 5.75 Å². The van der Waals surface area contributed by atoms with Gasteiger partial charge in [0.25, 0.3) is 0 Å². The lowest BCUT2D eigenvalue weighted by molar-refractivity contribution is 0.0689. The SMILES string of the molecule is C=C(c1ccccc1OC)c1c(F)c(C)c(F)c(F)c1C(=O)O. The van der Waals surface area contributed by atoms with Crippen molar-refractivity contribution in [2.75, 3.05) is 7.11 Å². The minimum absolute atomic E-state index is 0.112. The first-order valence-corrected chi connectivity index (χ1v) is 6.54. The van der Waals surface area contributed by atoms with Gasteiger partial charge in [0.1, 0.15) is 17.1 Å². The number of benzene rings is 2.